The first-order chi connectivity index (χ1) is 14.0. The van der Waals surface area contributed by atoms with Gasteiger partial charge in [0.25, 0.3) is 0 Å². The molecule has 0 amide bonds. The van der Waals surface area contributed by atoms with Crippen molar-refractivity contribution in [2.45, 2.75) is 20.3 Å². The third kappa shape index (κ3) is 5.26. The fourth-order valence-electron chi connectivity index (χ4n) is 3.35. The minimum Gasteiger partial charge on any atom is -0.469 e. The molecule has 1 aliphatic heterocycles. The molecule has 2 atom stereocenters. The predicted molar refractivity (Wildman–Crippen MR) is 111 cm³/mol. The van der Waals surface area contributed by atoms with Crippen LogP contribution in [0.3, 0.4) is 0 Å². The Bertz CT molecular complexity index is 852. The van der Waals surface area contributed by atoms with Gasteiger partial charge in [-0.2, -0.15) is 4.98 Å². The van der Waals surface area contributed by atoms with E-state index < -0.39 is 0 Å². The molecule has 156 valence electrons. The molecule has 1 fully saturated rings. The summed E-state index contributed by atoms with van der Waals surface area (Å²) in [7, 11) is 1.43. The molecule has 1 aliphatic rings. The first-order valence-corrected chi connectivity index (χ1v) is 10.1. The number of benzene rings is 1. The summed E-state index contributed by atoms with van der Waals surface area (Å²) >= 11 is 5.91. The highest BCUT2D eigenvalue weighted by Gasteiger charge is 2.36. The van der Waals surface area contributed by atoms with Crippen molar-refractivity contribution in [1.82, 2.24) is 20.4 Å². The van der Waals surface area contributed by atoms with E-state index >= 15 is 0 Å². The normalized spacial score (nSPS) is 19.4. The Morgan fingerprint density at radius 2 is 2.14 bits per heavy atom. The molecule has 8 nitrogen and oxygen atoms in total. The molecule has 2 heterocycles. The second-order valence-corrected chi connectivity index (χ2v) is 7.45. The van der Waals surface area contributed by atoms with Gasteiger partial charge in [0.2, 0.25) is 11.7 Å². The van der Waals surface area contributed by atoms with Crippen molar-refractivity contribution >= 4 is 23.5 Å². The number of aliphatic imine (C=N–C) groups is 1. The van der Waals surface area contributed by atoms with Crippen LogP contribution in [0.15, 0.2) is 33.8 Å². The van der Waals surface area contributed by atoms with Gasteiger partial charge in [-0.15, -0.1) is 0 Å². The van der Waals surface area contributed by atoms with Crippen LogP contribution in [-0.4, -0.2) is 60.3 Å². The second kappa shape index (κ2) is 9.73. The van der Waals surface area contributed by atoms with E-state index in [0.29, 0.717) is 36.2 Å². The lowest BCUT2D eigenvalue weighted by Crippen LogP contribution is -2.40. The first kappa shape index (κ1) is 21.1. The van der Waals surface area contributed by atoms with Crippen molar-refractivity contribution in [2.75, 3.05) is 33.3 Å². The van der Waals surface area contributed by atoms with Gasteiger partial charge in [0.15, 0.2) is 5.96 Å². The number of esters is 1. The minimum atomic E-state index is -0.170. The molecule has 29 heavy (non-hydrogen) atoms. The van der Waals surface area contributed by atoms with E-state index in [4.69, 9.17) is 20.9 Å². The van der Waals surface area contributed by atoms with E-state index in [1.807, 2.05) is 19.1 Å². The maximum Gasteiger partial charge on any atom is 0.310 e. The molecule has 0 spiro atoms. The minimum absolute atomic E-state index is 0.137. The highest BCUT2D eigenvalue weighted by Crippen LogP contribution is 2.24. The topological polar surface area (TPSA) is 92.9 Å². The zero-order chi connectivity index (χ0) is 20.8. The van der Waals surface area contributed by atoms with Crippen LogP contribution in [0.5, 0.6) is 0 Å². The molecule has 0 saturated carbocycles. The Morgan fingerprint density at radius 1 is 1.38 bits per heavy atom. The Labute approximate surface area is 175 Å². The number of aromatic nitrogens is 2. The van der Waals surface area contributed by atoms with Gasteiger partial charge in [0, 0.05) is 36.6 Å². The number of hydrogen-bond acceptors (Lipinski definition) is 6. The van der Waals surface area contributed by atoms with Gasteiger partial charge >= 0.3 is 5.97 Å². The summed E-state index contributed by atoms with van der Waals surface area (Å²) in [4.78, 5) is 23.1. The number of nitrogens with one attached hydrogen (secondary N) is 1. The summed E-state index contributed by atoms with van der Waals surface area (Å²) in [5.41, 5.74) is 0.848. The second-order valence-electron chi connectivity index (χ2n) is 7.02. The SMILES string of the molecule is CCNC(=NCCc1nc(-c2ccc(Cl)cc2)no1)N1CC(C)C(C(=O)OC)C1. The summed E-state index contributed by atoms with van der Waals surface area (Å²) in [5.74, 6) is 1.74. The van der Waals surface area contributed by atoms with E-state index in [2.05, 4.69) is 32.3 Å². The lowest BCUT2D eigenvalue weighted by atomic mass is 9.99. The van der Waals surface area contributed by atoms with Crippen molar-refractivity contribution in [2.24, 2.45) is 16.8 Å². The number of likely N-dealkylation sites (tertiary alicyclic amines) is 1. The van der Waals surface area contributed by atoms with Crippen molar-refractivity contribution in [3.8, 4) is 11.4 Å². The van der Waals surface area contributed by atoms with Gasteiger partial charge in [-0.25, -0.2) is 0 Å². The smallest absolute Gasteiger partial charge is 0.310 e. The van der Waals surface area contributed by atoms with Crippen molar-refractivity contribution < 1.29 is 14.1 Å². The predicted octanol–water partition coefficient (Wildman–Crippen LogP) is 2.64. The number of methoxy groups -OCH3 is 1. The number of carbonyl (C=O) groups excluding carboxylic acids is 1. The van der Waals surface area contributed by atoms with Gasteiger partial charge in [-0.1, -0.05) is 23.7 Å². The van der Waals surface area contributed by atoms with Gasteiger partial charge in [-0.3, -0.25) is 9.79 Å². The van der Waals surface area contributed by atoms with Crippen LogP contribution < -0.4 is 5.32 Å². The monoisotopic (exact) mass is 419 g/mol. The molecule has 1 aromatic heterocycles. The van der Waals surface area contributed by atoms with Crippen LogP contribution in [0.4, 0.5) is 0 Å². The average molecular weight is 420 g/mol. The van der Waals surface area contributed by atoms with E-state index in [0.717, 1.165) is 24.6 Å². The number of halogens is 1. The van der Waals surface area contributed by atoms with Crippen molar-refractivity contribution in [3.63, 3.8) is 0 Å². The summed E-state index contributed by atoms with van der Waals surface area (Å²) in [6, 6.07) is 7.28. The lowest BCUT2D eigenvalue weighted by molar-refractivity contribution is -0.145. The molecule has 0 aliphatic carbocycles. The van der Waals surface area contributed by atoms with Crippen LogP contribution >= 0.6 is 11.6 Å². The maximum atomic E-state index is 11.9. The van der Waals surface area contributed by atoms with Crippen LogP contribution in [-0.2, 0) is 16.0 Å². The molecule has 1 saturated heterocycles. The Kier molecular flexibility index (Phi) is 7.09. The van der Waals surface area contributed by atoms with Crippen LogP contribution in [0.25, 0.3) is 11.4 Å². The van der Waals surface area contributed by atoms with E-state index in [-0.39, 0.29) is 17.8 Å². The van der Waals surface area contributed by atoms with Crippen molar-refractivity contribution in [1.29, 1.82) is 0 Å². The molecule has 1 N–H and O–H groups in total. The average Bonchev–Trinajstić information content (AvgIpc) is 3.34. The van der Waals surface area contributed by atoms with E-state index in [9.17, 15) is 4.79 Å². The van der Waals surface area contributed by atoms with Crippen LogP contribution in [0, 0.1) is 11.8 Å². The van der Waals surface area contributed by atoms with Crippen molar-refractivity contribution in [3.05, 3.63) is 35.2 Å². The third-order valence-corrected chi connectivity index (χ3v) is 5.16. The van der Waals surface area contributed by atoms with Gasteiger partial charge in [0.05, 0.1) is 19.6 Å². The molecule has 0 radical (unpaired) electrons. The number of guanidine groups is 1. The molecule has 2 aromatic rings. The number of hydrogen-bond donors (Lipinski definition) is 1. The lowest BCUT2D eigenvalue weighted by Gasteiger charge is -2.21. The first-order valence-electron chi connectivity index (χ1n) is 9.71. The standard InChI is InChI=1S/C20H26ClN5O3/c1-4-22-20(26-11-13(2)16(12-26)19(27)28-3)23-10-9-17-24-18(25-29-17)14-5-7-15(21)8-6-14/h5-8,13,16H,4,9-12H2,1-3H3,(H,22,23). The highest BCUT2D eigenvalue weighted by atomic mass is 35.5. The maximum absolute atomic E-state index is 11.9. The fourth-order valence-corrected chi connectivity index (χ4v) is 3.48. The zero-order valence-corrected chi connectivity index (χ0v) is 17.6. The van der Waals surface area contributed by atoms with Gasteiger partial charge < -0.3 is 19.5 Å². The van der Waals surface area contributed by atoms with Gasteiger partial charge in [0.1, 0.15) is 0 Å². The summed E-state index contributed by atoms with van der Waals surface area (Å²) in [6.45, 7) is 6.67. The quantitative estimate of drug-likeness (QED) is 0.437. The molecule has 2 unspecified atom stereocenters. The molecule has 0 bridgehead atoms. The largest absolute Gasteiger partial charge is 0.469 e. The fraction of sp³-hybridized carbons (Fsp3) is 0.500. The molecule has 3 rings (SSSR count). The number of carbonyl (C=O) groups is 1. The molecule has 1 aromatic carbocycles. The van der Waals surface area contributed by atoms with E-state index in [1.54, 1.807) is 12.1 Å². The van der Waals surface area contributed by atoms with Crippen LogP contribution in [0.2, 0.25) is 5.02 Å². The molecular formula is C20H26ClN5O3. The Hall–Kier alpha value is -2.61. The number of ether oxygens (including phenoxy) is 1. The number of rotatable bonds is 6. The molecule has 9 heteroatoms. The zero-order valence-electron chi connectivity index (χ0n) is 16.9. The summed E-state index contributed by atoms with van der Waals surface area (Å²) in [5, 5.41) is 7.97. The van der Waals surface area contributed by atoms with Gasteiger partial charge in [-0.05, 0) is 37.1 Å². The summed E-state index contributed by atoms with van der Waals surface area (Å²) in [6.07, 6.45) is 0.527. The molecular weight excluding hydrogens is 394 g/mol. The van der Waals surface area contributed by atoms with Crippen LogP contribution in [0.1, 0.15) is 19.7 Å². The third-order valence-electron chi connectivity index (χ3n) is 4.91. The Balaban J connectivity index is 1.61. The summed E-state index contributed by atoms with van der Waals surface area (Å²) < 4.78 is 10.3. The van der Waals surface area contributed by atoms with E-state index in [1.165, 1.54) is 7.11 Å². The highest BCUT2D eigenvalue weighted by molar-refractivity contribution is 6.30. The number of nitrogens with zero attached hydrogens (tertiary/aromatic N) is 4. The Morgan fingerprint density at radius 3 is 2.83 bits per heavy atom.